The molecule has 0 saturated carbocycles. The highest BCUT2D eigenvalue weighted by atomic mass is 16.5. The van der Waals surface area contributed by atoms with Crippen LogP contribution in [-0.4, -0.2) is 32.1 Å². The van der Waals surface area contributed by atoms with Crippen molar-refractivity contribution < 1.29 is 13.9 Å². The molecular formula is C20H28N4O3. The molecule has 7 nitrogen and oxygen atoms in total. The molecule has 1 heterocycles. The molecule has 27 heavy (non-hydrogen) atoms. The molecule has 7 heteroatoms. The lowest BCUT2D eigenvalue weighted by atomic mass is 9.98. The van der Waals surface area contributed by atoms with Gasteiger partial charge in [-0.15, -0.1) is 0 Å². The van der Waals surface area contributed by atoms with Crippen LogP contribution in [0.1, 0.15) is 48.1 Å². The Morgan fingerprint density at radius 1 is 1.22 bits per heavy atom. The largest absolute Gasteiger partial charge is 0.497 e. The molecule has 1 unspecified atom stereocenters. The van der Waals surface area contributed by atoms with Crippen LogP contribution < -0.4 is 21.1 Å². The molecule has 4 N–H and O–H groups in total. The summed E-state index contributed by atoms with van der Waals surface area (Å²) in [5.41, 5.74) is 6.46. The zero-order valence-corrected chi connectivity index (χ0v) is 16.1. The van der Waals surface area contributed by atoms with Gasteiger partial charge in [0.1, 0.15) is 18.1 Å². The van der Waals surface area contributed by atoms with Gasteiger partial charge in [0.25, 0.3) is 5.91 Å². The smallest absolute Gasteiger partial charge is 0.284 e. The Balaban J connectivity index is 1.86. The summed E-state index contributed by atoms with van der Waals surface area (Å²) in [6.07, 6.45) is 0.962. The number of nitrogens with two attached hydrogens (primary N) is 1. The SMILES string of the molecule is CCNC(=NCc1ccc(C(N)=O)o1)NCCC(C)c1ccc(OC)cc1. The van der Waals surface area contributed by atoms with E-state index in [1.807, 2.05) is 19.1 Å². The van der Waals surface area contributed by atoms with Crippen molar-refractivity contribution in [2.75, 3.05) is 20.2 Å². The fraction of sp³-hybridized carbons (Fsp3) is 0.400. The number of rotatable bonds is 9. The molecule has 1 aromatic carbocycles. The van der Waals surface area contributed by atoms with Gasteiger partial charge in [-0.05, 0) is 49.1 Å². The third-order valence-corrected chi connectivity index (χ3v) is 4.20. The lowest BCUT2D eigenvalue weighted by Crippen LogP contribution is -2.38. The third kappa shape index (κ3) is 6.36. The predicted molar refractivity (Wildman–Crippen MR) is 106 cm³/mol. The summed E-state index contributed by atoms with van der Waals surface area (Å²) in [6, 6.07) is 11.4. The Kier molecular flexibility index (Phi) is 7.73. The summed E-state index contributed by atoms with van der Waals surface area (Å²) in [5, 5.41) is 6.52. The number of aliphatic imine (C=N–C) groups is 1. The molecule has 0 aliphatic carbocycles. The van der Waals surface area contributed by atoms with Gasteiger partial charge >= 0.3 is 0 Å². The van der Waals surface area contributed by atoms with Crippen LogP contribution in [0.4, 0.5) is 0 Å². The van der Waals surface area contributed by atoms with Crippen LogP contribution in [0.15, 0.2) is 45.8 Å². The number of primary amides is 1. The van der Waals surface area contributed by atoms with Crippen LogP contribution in [0, 0.1) is 0 Å². The molecule has 1 amide bonds. The topological polar surface area (TPSA) is 102 Å². The number of carbonyl (C=O) groups excluding carboxylic acids is 1. The van der Waals surface area contributed by atoms with E-state index in [-0.39, 0.29) is 5.76 Å². The van der Waals surface area contributed by atoms with Gasteiger partial charge < -0.3 is 25.5 Å². The molecule has 0 bridgehead atoms. The first-order valence-corrected chi connectivity index (χ1v) is 9.08. The Morgan fingerprint density at radius 2 is 1.96 bits per heavy atom. The highest BCUT2D eigenvalue weighted by Crippen LogP contribution is 2.21. The Bertz CT molecular complexity index is 753. The van der Waals surface area contributed by atoms with Gasteiger partial charge in [-0.1, -0.05) is 19.1 Å². The number of guanidine groups is 1. The summed E-state index contributed by atoms with van der Waals surface area (Å²) in [5.74, 6) is 2.14. The van der Waals surface area contributed by atoms with E-state index < -0.39 is 5.91 Å². The maximum Gasteiger partial charge on any atom is 0.284 e. The Hall–Kier alpha value is -2.96. The molecule has 0 aliphatic heterocycles. The van der Waals surface area contributed by atoms with Crippen LogP contribution >= 0.6 is 0 Å². The van der Waals surface area contributed by atoms with Crippen LogP contribution in [0.5, 0.6) is 5.75 Å². The lowest BCUT2D eigenvalue weighted by molar-refractivity contribution is 0.0972. The number of carbonyl (C=O) groups is 1. The van der Waals surface area contributed by atoms with Crippen molar-refractivity contribution in [3.63, 3.8) is 0 Å². The normalized spacial score (nSPS) is 12.5. The summed E-state index contributed by atoms with van der Waals surface area (Å²) in [4.78, 5) is 15.6. The quantitative estimate of drug-likeness (QED) is 0.464. The van der Waals surface area contributed by atoms with Crippen molar-refractivity contribution in [2.45, 2.75) is 32.7 Å². The average Bonchev–Trinajstić information content (AvgIpc) is 3.15. The fourth-order valence-electron chi connectivity index (χ4n) is 2.60. The first-order valence-electron chi connectivity index (χ1n) is 9.08. The minimum absolute atomic E-state index is 0.145. The molecule has 146 valence electrons. The molecule has 0 aliphatic rings. The zero-order valence-electron chi connectivity index (χ0n) is 16.1. The summed E-state index contributed by atoms with van der Waals surface area (Å²) < 4.78 is 10.5. The molecule has 0 spiro atoms. The van der Waals surface area contributed by atoms with E-state index >= 15 is 0 Å². The molecule has 1 atom stereocenters. The van der Waals surface area contributed by atoms with Crippen molar-refractivity contribution >= 4 is 11.9 Å². The average molecular weight is 372 g/mol. The van der Waals surface area contributed by atoms with E-state index in [1.165, 1.54) is 5.56 Å². The Morgan fingerprint density at radius 3 is 2.56 bits per heavy atom. The Labute approximate surface area is 160 Å². The first kappa shape index (κ1) is 20.4. The van der Waals surface area contributed by atoms with E-state index in [4.69, 9.17) is 14.9 Å². The highest BCUT2D eigenvalue weighted by molar-refractivity contribution is 5.89. The van der Waals surface area contributed by atoms with Crippen LogP contribution in [0.25, 0.3) is 0 Å². The standard InChI is InChI=1S/C20H28N4O3/c1-4-22-20(24-13-17-9-10-18(27-17)19(21)25)23-12-11-14(2)15-5-7-16(26-3)8-6-15/h5-10,14H,4,11-13H2,1-3H3,(H2,21,25)(H2,22,23,24). The van der Waals surface area contributed by atoms with Gasteiger partial charge in [0.2, 0.25) is 0 Å². The number of nitrogens with zero attached hydrogens (tertiary/aromatic N) is 1. The molecule has 0 fully saturated rings. The molecule has 2 aromatic rings. The van der Waals surface area contributed by atoms with Crippen LogP contribution in [-0.2, 0) is 6.54 Å². The van der Waals surface area contributed by atoms with Crippen molar-refractivity contribution in [2.24, 2.45) is 10.7 Å². The van der Waals surface area contributed by atoms with Crippen LogP contribution in [0.2, 0.25) is 0 Å². The number of methoxy groups -OCH3 is 1. The molecule has 0 radical (unpaired) electrons. The van der Waals surface area contributed by atoms with Gasteiger partial charge in [0.05, 0.1) is 7.11 Å². The predicted octanol–water partition coefficient (Wildman–Crippen LogP) is 2.64. The second-order valence-electron chi connectivity index (χ2n) is 6.22. The van der Waals surface area contributed by atoms with Crippen molar-refractivity contribution in [1.82, 2.24) is 10.6 Å². The summed E-state index contributed by atoms with van der Waals surface area (Å²) in [6.45, 7) is 6.07. The number of ether oxygens (including phenoxy) is 1. The third-order valence-electron chi connectivity index (χ3n) is 4.20. The first-order chi connectivity index (χ1) is 13.0. The van der Waals surface area contributed by atoms with Crippen molar-refractivity contribution in [3.05, 3.63) is 53.5 Å². The molecule has 0 saturated heterocycles. The monoisotopic (exact) mass is 372 g/mol. The van der Waals surface area contributed by atoms with E-state index in [9.17, 15) is 4.79 Å². The number of hydrogen-bond acceptors (Lipinski definition) is 4. The van der Waals surface area contributed by atoms with E-state index in [1.54, 1.807) is 19.2 Å². The van der Waals surface area contributed by atoms with Crippen molar-refractivity contribution in [3.8, 4) is 5.75 Å². The van der Waals surface area contributed by atoms with Gasteiger partial charge in [-0.2, -0.15) is 0 Å². The summed E-state index contributed by atoms with van der Waals surface area (Å²) >= 11 is 0. The van der Waals surface area contributed by atoms with E-state index in [0.29, 0.717) is 24.2 Å². The second-order valence-corrected chi connectivity index (χ2v) is 6.22. The van der Waals surface area contributed by atoms with Gasteiger partial charge in [0, 0.05) is 13.1 Å². The number of benzene rings is 1. The second kappa shape index (κ2) is 10.3. The van der Waals surface area contributed by atoms with Gasteiger partial charge in [-0.25, -0.2) is 4.99 Å². The minimum Gasteiger partial charge on any atom is -0.497 e. The van der Waals surface area contributed by atoms with Crippen LogP contribution in [0.3, 0.4) is 0 Å². The maximum atomic E-state index is 11.1. The van der Waals surface area contributed by atoms with Gasteiger partial charge in [0.15, 0.2) is 11.7 Å². The molecular weight excluding hydrogens is 344 g/mol. The molecule has 2 rings (SSSR count). The maximum absolute atomic E-state index is 11.1. The number of nitrogens with one attached hydrogen (secondary N) is 2. The highest BCUT2D eigenvalue weighted by Gasteiger charge is 2.08. The number of amides is 1. The molecule has 1 aromatic heterocycles. The zero-order chi connectivity index (χ0) is 19.6. The van der Waals surface area contributed by atoms with E-state index in [2.05, 4.69) is 34.7 Å². The number of hydrogen-bond donors (Lipinski definition) is 3. The van der Waals surface area contributed by atoms with Gasteiger partial charge in [-0.3, -0.25) is 4.79 Å². The lowest BCUT2D eigenvalue weighted by Gasteiger charge is -2.15. The minimum atomic E-state index is -0.581. The van der Waals surface area contributed by atoms with Crippen molar-refractivity contribution in [1.29, 1.82) is 0 Å². The number of furan rings is 1. The summed E-state index contributed by atoms with van der Waals surface area (Å²) in [7, 11) is 1.67. The van der Waals surface area contributed by atoms with E-state index in [0.717, 1.165) is 25.3 Å². The fourth-order valence-corrected chi connectivity index (χ4v) is 2.60.